The van der Waals surface area contributed by atoms with Crippen LogP contribution in [0.4, 0.5) is 17.2 Å². The van der Waals surface area contributed by atoms with Crippen LogP contribution in [0.1, 0.15) is 18.4 Å². The molecule has 1 aromatic heterocycles. The van der Waals surface area contributed by atoms with E-state index in [1.54, 1.807) is 12.1 Å². The monoisotopic (exact) mass is 298 g/mol. The fourth-order valence-corrected chi connectivity index (χ4v) is 2.56. The molecule has 0 saturated carbocycles. The van der Waals surface area contributed by atoms with E-state index in [-0.39, 0.29) is 5.69 Å². The molecule has 0 aliphatic carbocycles. The van der Waals surface area contributed by atoms with E-state index in [4.69, 9.17) is 0 Å². The summed E-state index contributed by atoms with van der Waals surface area (Å²) in [6, 6.07) is 10.5. The molecule has 1 aromatic carbocycles. The first-order valence-electron chi connectivity index (χ1n) is 7.40. The van der Waals surface area contributed by atoms with Crippen LogP contribution >= 0.6 is 0 Å². The summed E-state index contributed by atoms with van der Waals surface area (Å²) in [5.41, 5.74) is 2.04. The lowest BCUT2D eigenvalue weighted by atomic mass is 10.2. The van der Waals surface area contributed by atoms with Gasteiger partial charge in [-0.3, -0.25) is 10.1 Å². The van der Waals surface area contributed by atoms with Gasteiger partial charge in [-0.2, -0.15) is 0 Å². The number of rotatable bonds is 5. The molecule has 1 aliphatic heterocycles. The maximum Gasteiger partial charge on any atom is 0.269 e. The normalized spacial score (nSPS) is 14.1. The van der Waals surface area contributed by atoms with Crippen molar-refractivity contribution in [2.24, 2.45) is 0 Å². The van der Waals surface area contributed by atoms with Crippen molar-refractivity contribution in [2.75, 3.05) is 23.3 Å². The zero-order valence-corrected chi connectivity index (χ0v) is 12.2. The molecule has 2 aromatic rings. The van der Waals surface area contributed by atoms with Crippen molar-refractivity contribution in [2.45, 2.75) is 19.4 Å². The van der Waals surface area contributed by atoms with Gasteiger partial charge in [0.05, 0.1) is 4.92 Å². The van der Waals surface area contributed by atoms with E-state index in [0.29, 0.717) is 6.54 Å². The molecule has 2 heterocycles. The molecule has 0 radical (unpaired) electrons. The van der Waals surface area contributed by atoms with Gasteiger partial charge in [-0.15, -0.1) is 0 Å². The summed E-state index contributed by atoms with van der Waals surface area (Å²) in [6.07, 6.45) is 4.36. The fraction of sp³-hybridized carbons (Fsp3) is 0.312. The molecule has 3 rings (SSSR count). The molecule has 0 unspecified atom stereocenters. The SMILES string of the molecule is O=[N+]([O-])c1ccc(NCc2ccc(N3CCCC3)nc2)cc1. The standard InChI is InChI=1S/C16H18N4O2/c21-20(22)15-6-4-14(5-7-15)17-11-13-3-8-16(18-12-13)19-9-1-2-10-19/h3-8,12,17H,1-2,9-11H2. The van der Waals surface area contributed by atoms with Crippen LogP contribution in [0.25, 0.3) is 0 Å². The van der Waals surface area contributed by atoms with Gasteiger partial charge in [-0.25, -0.2) is 4.98 Å². The number of nitrogens with one attached hydrogen (secondary N) is 1. The number of benzene rings is 1. The number of nitro groups is 1. The Labute approximate surface area is 128 Å². The van der Waals surface area contributed by atoms with E-state index >= 15 is 0 Å². The van der Waals surface area contributed by atoms with Crippen molar-refractivity contribution in [1.29, 1.82) is 0 Å². The lowest BCUT2D eigenvalue weighted by Crippen LogP contribution is -2.18. The zero-order valence-electron chi connectivity index (χ0n) is 12.2. The summed E-state index contributed by atoms with van der Waals surface area (Å²) in [5, 5.41) is 13.8. The maximum atomic E-state index is 10.6. The Hall–Kier alpha value is -2.63. The first-order valence-corrected chi connectivity index (χ1v) is 7.40. The molecular formula is C16H18N4O2. The summed E-state index contributed by atoms with van der Waals surface area (Å²) in [4.78, 5) is 17.0. The highest BCUT2D eigenvalue weighted by atomic mass is 16.6. The molecule has 114 valence electrons. The van der Waals surface area contributed by atoms with Crippen LogP contribution < -0.4 is 10.2 Å². The zero-order chi connectivity index (χ0) is 15.4. The molecule has 0 amide bonds. The van der Waals surface area contributed by atoms with Gasteiger partial charge in [0.2, 0.25) is 0 Å². The van der Waals surface area contributed by atoms with Gasteiger partial charge in [-0.1, -0.05) is 6.07 Å². The minimum atomic E-state index is -0.398. The largest absolute Gasteiger partial charge is 0.381 e. The highest BCUT2D eigenvalue weighted by Gasteiger charge is 2.12. The van der Waals surface area contributed by atoms with Crippen LogP contribution in [0, 0.1) is 10.1 Å². The van der Waals surface area contributed by atoms with Crippen LogP contribution in [0.2, 0.25) is 0 Å². The Kier molecular flexibility index (Phi) is 4.18. The Balaban J connectivity index is 1.57. The lowest BCUT2D eigenvalue weighted by Gasteiger charge is -2.16. The number of aromatic nitrogens is 1. The van der Waals surface area contributed by atoms with E-state index in [9.17, 15) is 10.1 Å². The van der Waals surface area contributed by atoms with E-state index in [2.05, 4.69) is 27.3 Å². The van der Waals surface area contributed by atoms with Crippen molar-refractivity contribution in [3.63, 3.8) is 0 Å². The molecule has 0 atom stereocenters. The van der Waals surface area contributed by atoms with E-state index < -0.39 is 4.92 Å². The summed E-state index contributed by atoms with van der Waals surface area (Å²) >= 11 is 0. The van der Waals surface area contributed by atoms with Crippen molar-refractivity contribution in [3.05, 3.63) is 58.3 Å². The van der Waals surface area contributed by atoms with Gasteiger partial charge in [0.15, 0.2) is 0 Å². The molecule has 1 N–H and O–H groups in total. The van der Waals surface area contributed by atoms with Crippen LogP contribution in [0.15, 0.2) is 42.6 Å². The Morgan fingerprint density at radius 1 is 1.14 bits per heavy atom. The van der Waals surface area contributed by atoms with Crippen LogP contribution in [-0.2, 0) is 6.54 Å². The van der Waals surface area contributed by atoms with Crippen molar-refractivity contribution < 1.29 is 4.92 Å². The number of pyridine rings is 1. The average molecular weight is 298 g/mol. The number of non-ortho nitro benzene ring substituents is 1. The first kappa shape index (κ1) is 14.3. The fourth-order valence-electron chi connectivity index (χ4n) is 2.56. The Bertz CT molecular complexity index is 634. The van der Waals surface area contributed by atoms with Crippen molar-refractivity contribution in [3.8, 4) is 0 Å². The number of hydrogen-bond acceptors (Lipinski definition) is 5. The Morgan fingerprint density at radius 2 is 1.86 bits per heavy atom. The smallest absolute Gasteiger partial charge is 0.269 e. The van der Waals surface area contributed by atoms with Gasteiger partial charge < -0.3 is 10.2 Å². The molecule has 1 aliphatic rings. The highest BCUT2D eigenvalue weighted by molar-refractivity contribution is 5.49. The Morgan fingerprint density at radius 3 is 2.45 bits per heavy atom. The second-order valence-corrected chi connectivity index (χ2v) is 5.38. The van der Waals surface area contributed by atoms with E-state index in [0.717, 1.165) is 30.2 Å². The summed E-state index contributed by atoms with van der Waals surface area (Å²) < 4.78 is 0. The first-order chi connectivity index (χ1) is 10.7. The van der Waals surface area contributed by atoms with Crippen molar-refractivity contribution >= 4 is 17.2 Å². The molecule has 22 heavy (non-hydrogen) atoms. The van der Waals surface area contributed by atoms with Gasteiger partial charge in [0, 0.05) is 43.7 Å². The molecular weight excluding hydrogens is 280 g/mol. The predicted octanol–water partition coefficient (Wildman–Crippen LogP) is 3.20. The third kappa shape index (κ3) is 3.33. The maximum absolute atomic E-state index is 10.6. The molecule has 1 fully saturated rings. The van der Waals surface area contributed by atoms with Gasteiger partial charge >= 0.3 is 0 Å². The number of hydrogen-bond donors (Lipinski definition) is 1. The lowest BCUT2D eigenvalue weighted by molar-refractivity contribution is -0.384. The van der Waals surface area contributed by atoms with Gasteiger partial charge in [0.1, 0.15) is 5.82 Å². The predicted molar refractivity (Wildman–Crippen MR) is 86.1 cm³/mol. The van der Waals surface area contributed by atoms with Crippen LogP contribution in [0.3, 0.4) is 0 Å². The van der Waals surface area contributed by atoms with E-state index in [1.807, 2.05) is 6.20 Å². The summed E-state index contributed by atoms with van der Waals surface area (Å²) in [6.45, 7) is 2.83. The molecule has 0 bridgehead atoms. The average Bonchev–Trinajstić information content (AvgIpc) is 3.08. The minimum Gasteiger partial charge on any atom is -0.381 e. The number of nitrogens with zero attached hydrogens (tertiary/aromatic N) is 3. The second-order valence-electron chi connectivity index (χ2n) is 5.38. The van der Waals surface area contributed by atoms with Gasteiger partial charge in [0.25, 0.3) is 5.69 Å². The topological polar surface area (TPSA) is 71.3 Å². The number of nitro benzene ring substituents is 1. The highest BCUT2D eigenvalue weighted by Crippen LogP contribution is 2.19. The van der Waals surface area contributed by atoms with Crippen molar-refractivity contribution in [1.82, 2.24) is 4.98 Å². The summed E-state index contributed by atoms with van der Waals surface area (Å²) in [5.74, 6) is 1.04. The molecule has 6 heteroatoms. The number of anilines is 2. The van der Waals surface area contributed by atoms with Crippen LogP contribution in [-0.4, -0.2) is 23.0 Å². The minimum absolute atomic E-state index is 0.0992. The quantitative estimate of drug-likeness (QED) is 0.678. The molecule has 6 nitrogen and oxygen atoms in total. The van der Waals surface area contributed by atoms with Crippen LogP contribution in [0.5, 0.6) is 0 Å². The molecule has 0 spiro atoms. The van der Waals surface area contributed by atoms with Gasteiger partial charge in [-0.05, 0) is 36.6 Å². The van der Waals surface area contributed by atoms with E-state index in [1.165, 1.54) is 25.0 Å². The second kappa shape index (κ2) is 6.43. The third-order valence-electron chi connectivity index (χ3n) is 3.81. The summed E-state index contributed by atoms with van der Waals surface area (Å²) in [7, 11) is 0. The third-order valence-corrected chi connectivity index (χ3v) is 3.81. The molecule has 1 saturated heterocycles.